The number of nitrogens with zero attached hydrogens (tertiary/aromatic N) is 1. The highest BCUT2D eigenvalue weighted by atomic mass is 32.1. The number of carbonyl (C=O) groups excluding carboxylic acids is 1. The van der Waals surface area contributed by atoms with Gasteiger partial charge in [0.05, 0.1) is 5.01 Å². The maximum absolute atomic E-state index is 11.6. The molecule has 0 spiro atoms. The fourth-order valence-electron chi connectivity index (χ4n) is 2.02. The molecule has 0 radical (unpaired) electrons. The number of thiazole rings is 1. The van der Waals surface area contributed by atoms with Crippen LogP contribution in [0.2, 0.25) is 0 Å². The molecule has 4 nitrogen and oxygen atoms in total. The van der Waals surface area contributed by atoms with Crippen LogP contribution in [0, 0.1) is 6.92 Å². The Bertz CT molecular complexity index is 398. The van der Waals surface area contributed by atoms with Crippen molar-refractivity contribution in [3.05, 3.63) is 16.1 Å². The van der Waals surface area contributed by atoms with Gasteiger partial charge in [-0.1, -0.05) is 0 Å². The Hall–Kier alpha value is -0.940. The van der Waals surface area contributed by atoms with Gasteiger partial charge >= 0.3 is 0 Å². The van der Waals surface area contributed by atoms with Crippen molar-refractivity contribution < 1.29 is 4.79 Å². The largest absolute Gasteiger partial charge is 0.356 e. The minimum atomic E-state index is -0.220. The van der Waals surface area contributed by atoms with E-state index < -0.39 is 0 Å². The number of amides is 1. The summed E-state index contributed by atoms with van der Waals surface area (Å²) in [6.07, 6.45) is 4.38. The van der Waals surface area contributed by atoms with Crippen LogP contribution in [-0.4, -0.2) is 23.0 Å². The van der Waals surface area contributed by atoms with Crippen molar-refractivity contribution in [1.29, 1.82) is 0 Å². The fourth-order valence-corrected chi connectivity index (χ4v) is 2.79. The van der Waals surface area contributed by atoms with E-state index in [1.54, 1.807) is 11.3 Å². The maximum atomic E-state index is 11.6. The van der Waals surface area contributed by atoms with Gasteiger partial charge in [0.25, 0.3) is 0 Å². The number of aromatic nitrogens is 1. The first-order chi connectivity index (χ1) is 8.07. The average molecular weight is 253 g/mol. The summed E-state index contributed by atoms with van der Waals surface area (Å²) in [5, 5.41) is 6.02. The van der Waals surface area contributed by atoms with Gasteiger partial charge in [-0.3, -0.25) is 4.79 Å². The summed E-state index contributed by atoms with van der Waals surface area (Å²) in [4.78, 5) is 16.0. The lowest BCUT2D eigenvalue weighted by Crippen LogP contribution is -2.50. The van der Waals surface area contributed by atoms with Crippen LogP contribution >= 0.6 is 11.3 Å². The van der Waals surface area contributed by atoms with Gasteiger partial charge in [0.2, 0.25) is 5.91 Å². The SMILES string of the molecule is Cc1csc(CCNC(=O)CC2(N)CCC2)n1. The van der Waals surface area contributed by atoms with E-state index in [1.165, 1.54) is 0 Å². The molecule has 0 aromatic carbocycles. The Balaban J connectivity index is 1.66. The lowest BCUT2D eigenvalue weighted by Gasteiger charge is -2.37. The Morgan fingerprint density at radius 1 is 1.65 bits per heavy atom. The molecule has 1 aromatic rings. The van der Waals surface area contributed by atoms with Gasteiger partial charge in [-0.2, -0.15) is 0 Å². The molecular formula is C12H19N3OS. The quantitative estimate of drug-likeness (QED) is 0.833. The van der Waals surface area contributed by atoms with Gasteiger partial charge in [-0.05, 0) is 26.2 Å². The van der Waals surface area contributed by atoms with Gasteiger partial charge in [-0.25, -0.2) is 4.98 Å². The molecule has 5 heteroatoms. The zero-order valence-corrected chi connectivity index (χ0v) is 11.0. The Morgan fingerprint density at radius 3 is 2.94 bits per heavy atom. The summed E-state index contributed by atoms with van der Waals surface area (Å²) in [6.45, 7) is 2.63. The van der Waals surface area contributed by atoms with E-state index in [9.17, 15) is 4.79 Å². The van der Waals surface area contributed by atoms with Crippen molar-refractivity contribution in [1.82, 2.24) is 10.3 Å². The topological polar surface area (TPSA) is 68.0 Å². The third-order valence-corrected chi connectivity index (χ3v) is 4.22. The van der Waals surface area contributed by atoms with Crippen LogP contribution in [0.25, 0.3) is 0 Å². The van der Waals surface area contributed by atoms with Crippen LogP contribution in [0.1, 0.15) is 36.4 Å². The molecule has 3 N–H and O–H groups in total. The van der Waals surface area contributed by atoms with E-state index in [0.29, 0.717) is 13.0 Å². The minimum absolute atomic E-state index is 0.0699. The van der Waals surface area contributed by atoms with E-state index in [2.05, 4.69) is 10.3 Å². The summed E-state index contributed by atoms with van der Waals surface area (Å²) < 4.78 is 0. The number of nitrogens with one attached hydrogen (secondary N) is 1. The van der Waals surface area contributed by atoms with Crippen LogP contribution in [0.15, 0.2) is 5.38 Å². The summed E-state index contributed by atoms with van der Waals surface area (Å²) in [5.41, 5.74) is 6.85. The zero-order valence-electron chi connectivity index (χ0n) is 10.2. The predicted molar refractivity (Wildman–Crippen MR) is 69.0 cm³/mol. The van der Waals surface area contributed by atoms with Crippen molar-refractivity contribution in [3.8, 4) is 0 Å². The van der Waals surface area contributed by atoms with Crippen LogP contribution in [0.3, 0.4) is 0 Å². The van der Waals surface area contributed by atoms with Crippen LogP contribution in [0.5, 0.6) is 0 Å². The van der Waals surface area contributed by atoms with Gasteiger partial charge in [0.15, 0.2) is 0 Å². The van der Waals surface area contributed by atoms with E-state index in [-0.39, 0.29) is 11.4 Å². The van der Waals surface area contributed by atoms with Crippen LogP contribution in [-0.2, 0) is 11.2 Å². The molecule has 0 unspecified atom stereocenters. The van der Waals surface area contributed by atoms with E-state index in [4.69, 9.17) is 5.73 Å². The molecule has 1 amide bonds. The highest BCUT2D eigenvalue weighted by Gasteiger charge is 2.34. The Morgan fingerprint density at radius 2 is 2.41 bits per heavy atom. The molecule has 1 fully saturated rings. The Kier molecular flexibility index (Phi) is 3.79. The van der Waals surface area contributed by atoms with Gasteiger partial charge in [0.1, 0.15) is 0 Å². The number of hydrogen-bond acceptors (Lipinski definition) is 4. The monoisotopic (exact) mass is 253 g/mol. The summed E-state index contributed by atoms with van der Waals surface area (Å²) >= 11 is 1.64. The summed E-state index contributed by atoms with van der Waals surface area (Å²) in [5.74, 6) is 0.0699. The fraction of sp³-hybridized carbons (Fsp3) is 0.667. The first-order valence-electron chi connectivity index (χ1n) is 6.04. The van der Waals surface area contributed by atoms with Gasteiger partial charge in [-0.15, -0.1) is 11.3 Å². The third-order valence-electron chi connectivity index (χ3n) is 3.19. The first kappa shape index (κ1) is 12.5. The zero-order chi connectivity index (χ0) is 12.3. The van der Waals surface area contributed by atoms with Crippen molar-refractivity contribution >= 4 is 17.2 Å². The van der Waals surface area contributed by atoms with Crippen molar-refractivity contribution in [2.24, 2.45) is 5.73 Å². The normalized spacial score (nSPS) is 17.5. The lowest BCUT2D eigenvalue weighted by atomic mass is 9.75. The molecule has 0 atom stereocenters. The van der Waals surface area contributed by atoms with E-state index in [1.807, 2.05) is 12.3 Å². The highest BCUT2D eigenvalue weighted by molar-refractivity contribution is 7.09. The smallest absolute Gasteiger partial charge is 0.221 e. The number of aryl methyl sites for hydroxylation is 1. The second-order valence-corrected chi connectivity index (χ2v) is 5.82. The minimum Gasteiger partial charge on any atom is -0.356 e. The van der Waals surface area contributed by atoms with Crippen molar-refractivity contribution in [3.63, 3.8) is 0 Å². The second-order valence-electron chi connectivity index (χ2n) is 4.88. The molecule has 1 heterocycles. The standard InChI is InChI=1S/C12H19N3OS/c1-9-8-17-11(15-9)3-6-14-10(16)7-12(13)4-2-5-12/h8H,2-7,13H2,1H3,(H,14,16). The molecule has 17 heavy (non-hydrogen) atoms. The van der Waals surface area contributed by atoms with Crippen LogP contribution < -0.4 is 11.1 Å². The first-order valence-corrected chi connectivity index (χ1v) is 6.92. The summed E-state index contributed by atoms with van der Waals surface area (Å²) in [7, 11) is 0. The van der Waals surface area contributed by atoms with Crippen LogP contribution in [0.4, 0.5) is 0 Å². The molecule has 94 valence electrons. The molecule has 1 aromatic heterocycles. The molecule has 1 saturated carbocycles. The summed E-state index contributed by atoms with van der Waals surface area (Å²) in [6, 6.07) is 0. The van der Waals surface area contributed by atoms with E-state index in [0.717, 1.165) is 36.4 Å². The number of carbonyl (C=O) groups is 1. The maximum Gasteiger partial charge on any atom is 0.221 e. The lowest BCUT2D eigenvalue weighted by molar-refractivity contribution is -0.122. The van der Waals surface area contributed by atoms with Crippen molar-refractivity contribution in [2.45, 2.75) is 44.6 Å². The number of hydrogen-bond donors (Lipinski definition) is 2. The van der Waals surface area contributed by atoms with Crippen molar-refractivity contribution in [2.75, 3.05) is 6.54 Å². The second kappa shape index (κ2) is 5.14. The molecule has 1 aliphatic carbocycles. The predicted octanol–water partition coefficient (Wildman–Crippen LogP) is 1.38. The van der Waals surface area contributed by atoms with Gasteiger partial charge < -0.3 is 11.1 Å². The average Bonchev–Trinajstić information content (AvgIpc) is 2.62. The molecule has 0 aliphatic heterocycles. The number of rotatable bonds is 5. The molecule has 1 aliphatic rings. The Labute approximate surface area is 106 Å². The number of nitrogens with two attached hydrogens (primary N) is 1. The molecular weight excluding hydrogens is 234 g/mol. The molecule has 0 bridgehead atoms. The third kappa shape index (κ3) is 3.51. The van der Waals surface area contributed by atoms with E-state index >= 15 is 0 Å². The molecule has 2 rings (SSSR count). The highest BCUT2D eigenvalue weighted by Crippen LogP contribution is 2.31. The van der Waals surface area contributed by atoms with Gasteiger partial charge in [0, 0.05) is 36.0 Å². The molecule has 0 saturated heterocycles.